The van der Waals surface area contributed by atoms with Crippen LogP contribution in [-0.2, 0) is 20.5 Å². The fourth-order valence-corrected chi connectivity index (χ4v) is 2.89. The summed E-state index contributed by atoms with van der Waals surface area (Å²) >= 11 is 0. The lowest BCUT2D eigenvalue weighted by Gasteiger charge is -2.30. The monoisotopic (exact) mass is 355 g/mol. The summed E-state index contributed by atoms with van der Waals surface area (Å²) in [5.41, 5.74) is 0.0983. The number of halogens is 3. The van der Waals surface area contributed by atoms with Crippen molar-refractivity contribution in [2.24, 2.45) is 5.41 Å². The average molecular weight is 355 g/mol. The molecular weight excluding hydrogens is 335 g/mol. The van der Waals surface area contributed by atoms with Gasteiger partial charge in [-0.05, 0) is 48.6 Å². The van der Waals surface area contributed by atoms with Gasteiger partial charge in [0.05, 0.1) is 5.56 Å². The van der Waals surface area contributed by atoms with Gasteiger partial charge in [0.15, 0.2) is 18.1 Å². The van der Waals surface area contributed by atoms with Crippen LogP contribution in [0.25, 0.3) is 0 Å². The predicted molar refractivity (Wildman–Crippen MR) is 86.7 cm³/mol. The zero-order chi connectivity index (χ0) is 18.8. The molecule has 4 nitrogen and oxygen atoms in total. The predicted octanol–water partition coefficient (Wildman–Crippen LogP) is 4.32. The summed E-state index contributed by atoms with van der Waals surface area (Å²) in [6.07, 6.45) is -3.38. The van der Waals surface area contributed by atoms with Crippen LogP contribution in [0, 0.1) is 5.41 Å². The fourth-order valence-electron chi connectivity index (χ4n) is 2.89. The number of ketones is 1. The van der Waals surface area contributed by atoms with Gasteiger partial charge in [-0.15, -0.1) is 0 Å². The van der Waals surface area contributed by atoms with Crippen LogP contribution >= 0.6 is 0 Å². The van der Waals surface area contributed by atoms with Gasteiger partial charge in [0.2, 0.25) is 0 Å². The number of allylic oxidation sites excluding steroid dienone is 2. The summed E-state index contributed by atoms with van der Waals surface area (Å²) in [6, 6.07) is 4.10. The van der Waals surface area contributed by atoms with Crippen LogP contribution in [0.5, 0.6) is 0 Å². The molecular formula is C18H20F3NO3. The van der Waals surface area contributed by atoms with Gasteiger partial charge in [-0.2, -0.15) is 13.2 Å². The molecule has 1 aromatic rings. The lowest BCUT2D eigenvalue weighted by molar-refractivity contribution is -0.137. The Morgan fingerprint density at radius 1 is 1.20 bits per heavy atom. The van der Waals surface area contributed by atoms with Gasteiger partial charge in [0.25, 0.3) is 5.91 Å². The van der Waals surface area contributed by atoms with E-state index in [2.05, 4.69) is 5.32 Å². The van der Waals surface area contributed by atoms with Gasteiger partial charge in [0, 0.05) is 12.1 Å². The summed E-state index contributed by atoms with van der Waals surface area (Å²) in [7, 11) is 0. The molecule has 0 unspecified atom stereocenters. The second kappa shape index (κ2) is 6.90. The molecule has 0 spiro atoms. The Bertz CT molecular complexity index is 703. The first-order chi connectivity index (χ1) is 11.5. The smallest absolute Gasteiger partial charge is 0.416 e. The van der Waals surface area contributed by atoms with Crippen molar-refractivity contribution >= 4 is 17.4 Å². The number of carbonyl (C=O) groups excluding carboxylic acids is 2. The molecule has 1 aliphatic rings. The van der Waals surface area contributed by atoms with Gasteiger partial charge >= 0.3 is 6.18 Å². The summed E-state index contributed by atoms with van der Waals surface area (Å²) in [4.78, 5) is 24.0. The molecule has 25 heavy (non-hydrogen) atoms. The molecule has 136 valence electrons. The number of ether oxygens (including phenoxy) is 1. The Kier molecular flexibility index (Phi) is 5.25. The number of benzene rings is 1. The molecule has 0 fully saturated rings. The first kappa shape index (κ1) is 19.0. The molecule has 1 aromatic carbocycles. The van der Waals surface area contributed by atoms with Crippen molar-refractivity contribution in [3.8, 4) is 0 Å². The second-order valence-electron chi connectivity index (χ2n) is 6.96. The Labute approximate surface area is 144 Å². The van der Waals surface area contributed by atoms with E-state index in [0.29, 0.717) is 12.8 Å². The summed E-state index contributed by atoms with van der Waals surface area (Å²) in [5.74, 6) is -0.476. The molecule has 0 aliphatic heterocycles. The summed E-state index contributed by atoms with van der Waals surface area (Å²) < 4.78 is 42.8. The lowest BCUT2D eigenvalue weighted by Crippen LogP contribution is -2.28. The highest BCUT2D eigenvalue weighted by Crippen LogP contribution is 2.36. The van der Waals surface area contributed by atoms with E-state index in [0.717, 1.165) is 17.7 Å². The Balaban J connectivity index is 1.94. The standard InChI is InChI=1S/C18H20F3NO3/c1-11-8-17(2,3)9-14(23)16(11)25-10-15(24)22-13-6-4-12(5-7-13)18(19,20)21/h4-7H,8-10H2,1-3H3,(H,22,24). The molecule has 0 heterocycles. The van der Waals surface area contributed by atoms with Crippen LogP contribution in [0.2, 0.25) is 0 Å². The Morgan fingerprint density at radius 2 is 1.80 bits per heavy atom. The van der Waals surface area contributed by atoms with E-state index in [1.54, 1.807) is 6.92 Å². The van der Waals surface area contributed by atoms with E-state index in [1.807, 2.05) is 13.8 Å². The number of amides is 1. The molecule has 7 heteroatoms. The number of nitrogens with one attached hydrogen (secondary N) is 1. The largest absolute Gasteiger partial charge is 0.480 e. The molecule has 0 bridgehead atoms. The van der Waals surface area contributed by atoms with E-state index >= 15 is 0 Å². The highest BCUT2D eigenvalue weighted by molar-refractivity contribution is 5.97. The highest BCUT2D eigenvalue weighted by Gasteiger charge is 2.32. The van der Waals surface area contributed by atoms with Crippen molar-refractivity contribution in [2.45, 2.75) is 39.8 Å². The molecule has 0 radical (unpaired) electrons. The zero-order valence-electron chi connectivity index (χ0n) is 14.3. The van der Waals surface area contributed by atoms with Crippen molar-refractivity contribution in [3.63, 3.8) is 0 Å². The minimum absolute atomic E-state index is 0.128. The maximum absolute atomic E-state index is 12.5. The Hall–Kier alpha value is -2.31. The first-order valence-corrected chi connectivity index (χ1v) is 7.81. The zero-order valence-corrected chi connectivity index (χ0v) is 14.3. The third kappa shape index (κ3) is 5.08. The normalized spacial score (nSPS) is 17.4. The number of hydrogen-bond acceptors (Lipinski definition) is 3. The van der Waals surface area contributed by atoms with Crippen molar-refractivity contribution in [2.75, 3.05) is 11.9 Å². The van der Waals surface area contributed by atoms with E-state index in [-0.39, 0.29) is 29.3 Å². The maximum Gasteiger partial charge on any atom is 0.416 e. The summed E-state index contributed by atoms with van der Waals surface area (Å²) in [5, 5.41) is 2.44. The molecule has 2 rings (SSSR count). The molecule has 0 saturated carbocycles. The van der Waals surface area contributed by atoms with Crippen molar-refractivity contribution in [1.29, 1.82) is 0 Å². The second-order valence-corrected chi connectivity index (χ2v) is 6.96. The van der Waals surface area contributed by atoms with E-state index in [4.69, 9.17) is 4.74 Å². The maximum atomic E-state index is 12.5. The minimum atomic E-state index is -4.43. The van der Waals surface area contributed by atoms with Gasteiger partial charge in [-0.3, -0.25) is 9.59 Å². The first-order valence-electron chi connectivity index (χ1n) is 7.81. The quantitative estimate of drug-likeness (QED) is 0.875. The molecule has 1 N–H and O–H groups in total. The number of anilines is 1. The van der Waals surface area contributed by atoms with Crippen LogP contribution in [-0.4, -0.2) is 18.3 Å². The van der Waals surface area contributed by atoms with Crippen LogP contribution < -0.4 is 5.32 Å². The van der Waals surface area contributed by atoms with Crippen LogP contribution in [0.1, 0.15) is 39.2 Å². The van der Waals surface area contributed by atoms with Crippen molar-refractivity contribution in [3.05, 3.63) is 41.2 Å². The van der Waals surface area contributed by atoms with Gasteiger partial charge in [-0.1, -0.05) is 13.8 Å². The average Bonchev–Trinajstić information content (AvgIpc) is 2.44. The minimum Gasteiger partial charge on any atom is -0.480 e. The molecule has 0 atom stereocenters. The van der Waals surface area contributed by atoms with Crippen molar-refractivity contribution < 1.29 is 27.5 Å². The van der Waals surface area contributed by atoms with Gasteiger partial charge in [-0.25, -0.2) is 0 Å². The number of alkyl halides is 3. The SMILES string of the molecule is CC1=C(OCC(=O)Nc2ccc(C(F)(F)F)cc2)C(=O)CC(C)(C)C1. The molecule has 1 aliphatic carbocycles. The summed E-state index contributed by atoms with van der Waals surface area (Å²) in [6.45, 7) is 5.40. The number of hydrogen-bond donors (Lipinski definition) is 1. The topological polar surface area (TPSA) is 55.4 Å². The molecule has 0 aromatic heterocycles. The number of Topliss-reactive ketones (excluding diaryl/α,β-unsaturated/α-hetero) is 1. The van der Waals surface area contributed by atoms with E-state index < -0.39 is 17.6 Å². The fraction of sp³-hybridized carbons (Fsp3) is 0.444. The van der Waals surface area contributed by atoms with Crippen LogP contribution in [0.3, 0.4) is 0 Å². The van der Waals surface area contributed by atoms with Crippen LogP contribution in [0.4, 0.5) is 18.9 Å². The van der Waals surface area contributed by atoms with Crippen molar-refractivity contribution in [1.82, 2.24) is 0 Å². The number of rotatable bonds is 4. The van der Waals surface area contributed by atoms with Gasteiger partial charge < -0.3 is 10.1 Å². The third-order valence-corrected chi connectivity index (χ3v) is 3.87. The van der Waals surface area contributed by atoms with Crippen LogP contribution in [0.15, 0.2) is 35.6 Å². The molecule has 0 saturated heterocycles. The highest BCUT2D eigenvalue weighted by atomic mass is 19.4. The lowest BCUT2D eigenvalue weighted by atomic mass is 9.76. The molecule has 1 amide bonds. The number of carbonyl (C=O) groups is 2. The Morgan fingerprint density at radius 3 is 2.32 bits per heavy atom. The van der Waals surface area contributed by atoms with Gasteiger partial charge in [0.1, 0.15) is 0 Å². The van der Waals surface area contributed by atoms with E-state index in [1.165, 1.54) is 12.1 Å². The van der Waals surface area contributed by atoms with E-state index in [9.17, 15) is 22.8 Å². The third-order valence-electron chi connectivity index (χ3n) is 3.87.